The van der Waals surface area contributed by atoms with Crippen LogP contribution in [0.15, 0.2) is 22.0 Å². The smallest absolute Gasteiger partial charge is 0.182 e. The van der Waals surface area contributed by atoms with E-state index in [9.17, 15) is 13.2 Å². The molecule has 3 rings (SSSR count). The quantitative estimate of drug-likeness (QED) is 0.704. The van der Waals surface area contributed by atoms with Crippen molar-refractivity contribution in [2.24, 2.45) is 0 Å². The Morgan fingerprint density at radius 3 is 2.80 bits per heavy atom. The highest BCUT2D eigenvalue weighted by atomic mass is 79.9. The number of aryl methyl sites for hydroxylation is 1. The molecule has 6 heteroatoms. The molecule has 20 heavy (non-hydrogen) atoms. The molecule has 2 aromatic rings. The van der Waals surface area contributed by atoms with E-state index in [4.69, 9.17) is 0 Å². The number of hydrogen-bond acceptors (Lipinski definition) is 2. The van der Waals surface area contributed by atoms with Crippen LogP contribution in [0.1, 0.15) is 29.3 Å². The fourth-order valence-electron chi connectivity index (χ4n) is 2.52. The van der Waals surface area contributed by atoms with Crippen LogP contribution in [-0.2, 0) is 6.42 Å². The molecule has 1 nitrogen and oxygen atoms in total. The van der Waals surface area contributed by atoms with Gasteiger partial charge in [0.2, 0.25) is 0 Å². The summed E-state index contributed by atoms with van der Waals surface area (Å²) in [6, 6.07) is 3.42. The van der Waals surface area contributed by atoms with Gasteiger partial charge in [-0.3, -0.25) is 0 Å². The van der Waals surface area contributed by atoms with Crippen molar-refractivity contribution in [1.29, 1.82) is 0 Å². The number of rotatable bonds is 2. The summed E-state index contributed by atoms with van der Waals surface area (Å²) in [7, 11) is 0. The first kappa shape index (κ1) is 13.9. The molecule has 1 atom stereocenters. The fourth-order valence-corrected chi connectivity index (χ4v) is 4.34. The van der Waals surface area contributed by atoms with Crippen molar-refractivity contribution in [3.8, 4) is 0 Å². The van der Waals surface area contributed by atoms with Crippen molar-refractivity contribution in [3.05, 3.63) is 49.9 Å². The Hall–Kier alpha value is -1.01. The van der Waals surface area contributed by atoms with E-state index >= 15 is 0 Å². The van der Waals surface area contributed by atoms with Crippen LogP contribution in [0.3, 0.4) is 0 Å². The second-order valence-corrected chi connectivity index (χ2v) is 7.28. The molecule has 1 unspecified atom stereocenters. The maximum atomic E-state index is 13.7. The van der Waals surface area contributed by atoms with Crippen LogP contribution < -0.4 is 5.32 Å². The predicted octanol–water partition coefficient (Wildman–Crippen LogP) is 5.42. The molecule has 0 saturated carbocycles. The summed E-state index contributed by atoms with van der Waals surface area (Å²) in [5, 5.41) is 2.93. The summed E-state index contributed by atoms with van der Waals surface area (Å²) in [4.78, 5) is 1.23. The lowest BCUT2D eigenvalue weighted by molar-refractivity contribution is 0.494. The van der Waals surface area contributed by atoms with Gasteiger partial charge in [0.1, 0.15) is 5.82 Å². The van der Waals surface area contributed by atoms with Crippen LogP contribution in [0.25, 0.3) is 0 Å². The lowest BCUT2D eigenvalue weighted by Gasteiger charge is -2.25. The molecule has 1 heterocycles. The van der Waals surface area contributed by atoms with Gasteiger partial charge in [-0.05, 0) is 46.8 Å². The second kappa shape index (κ2) is 5.41. The van der Waals surface area contributed by atoms with E-state index in [1.54, 1.807) is 11.3 Å². The average Bonchev–Trinajstić information content (AvgIpc) is 2.76. The second-order valence-electron chi connectivity index (χ2n) is 4.77. The summed E-state index contributed by atoms with van der Waals surface area (Å²) in [5.74, 6) is -2.99. The molecule has 0 aliphatic heterocycles. The van der Waals surface area contributed by atoms with Gasteiger partial charge >= 0.3 is 0 Å². The molecule has 0 bridgehead atoms. The minimum absolute atomic E-state index is 0.114. The monoisotopic (exact) mass is 361 g/mol. The van der Waals surface area contributed by atoms with Crippen LogP contribution in [0.4, 0.5) is 18.9 Å². The van der Waals surface area contributed by atoms with Crippen molar-refractivity contribution in [2.75, 3.05) is 5.32 Å². The molecule has 0 spiro atoms. The van der Waals surface area contributed by atoms with Gasteiger partial charge in [0.05, 0.1) is 15.5 Å². The maximum Gasteiger partial charge on any atom is 0.182 e. The highest BCUT2D eigenvalue weighted by Crippen LogP contribution is 2.40. The van der Waals surface area contributed by atoms with Crippen LogP contribution in [0, 0.1) is 17.5 Å². The zero-order chi connectivity index (χ0) is 14.3. The Morgan fingerprint density at radius 2 is 2.00 bits per heavy atom. The topological polar surface area (TPSA) is 12.0 Å². The van der Waals surface area contributed by atoms with Crippen LogP contribution in [0.2, 0.25) is 0 Å². The number of nitrogens with one attached hydrogen (secondary N) is 1. The van der Waals surface area contributed by atoms with Gasteiger partial charge in [0, 0.05) is 17.0 Å². The molecule has 1 aliphatic rings. The van der Waals surface area contributed by atoms with Gasteiger partial charge in [0.25, 0.3) is 0 Å². The van der Waals surface area contributed by atoms with Crippen LogP contribution in [0.5, 0.6) is 0 Å². The third-order valence-electron chi connectivity index (χ3n) is 3.41. The minimum atomic E-state index is -1.17. The van der Waals surface area contributed by atoms with Crippen molar-refractivity contribution in [3.63, 3.8) is 0 Å². The Balaban J connectivity index is 1.93. The van der Waals surface area contributed by atoms with E-state index in [0.717, 1.165) is 34.7 Å². The highest BCUT2D eigenvalue weighted by Gasteiger charge is 2.24. The number of anilines is 1. The first-order valence-electron chi connectivity index (χ1n) is 6.24. The lowest BCUT2D eigenvalue weighted by atomic mass is 9.94. The minimum Gasteiger partial charge on any atom is -0.376 e. The van der Waals surface area contributed by atoms with Crippen LogP contribution >= 0.6 is 27.3 Å². The number of hydrogen-bond donors (Lipinski definition) is 1. The molecule has 1 aliphatic carbocycles. The van der Waals surface area contributed by atoms with Gasteiger partial charge in [-0.1, -0.05) is 0 Å². The Labute approximate surface area is 126 Å². The molecular weight excluding hydrogens is 351 g/mol. The molecule has 0 radical (unpaired) electrons. The molecular formula is C14H11BrF3NS. The molecule has 0 fully saturated rings. The SMILES string of the molecule is Fc1cc(F)c(F)c(NC2CCCc3sc(Br)cc32)c1. The molecule has 1 aromatic heterocycles. The standard InChI is InChI=1S/C14H11BrF3NS/c15-13-6-8-10(2-1-3-12(8)20-13)19-11-5-7(16)4-9(17)14(11)18/h4-6,10,19H,1-3H2. The summed E-state index contributed by atoms with van der Waals surface area (Å²) >= 11 is 5.09. The summed E-state index contributed by atoms with van der Waals surface area (Å²) < 4.78 is 41.2. The van der Waals surface area contributed by atoms with Crippen molar-refractivity contribution in [1.82, 2.24) is 0 Å². The van der Waals surface area contributed by atoms with E-state index in [0.29, 0.717) is 6.07 Å². The van der Waals surface area contributed by atoms with Gasteiger partial charge in [-0.25, -0.2) is 13.2 Å². The number of halogens is 4. The van der Waals surface area contributed by atoms with E-state index in [1.165, 1.54) is 4.88 Å². The maximum absolute atomic E-state index is 13.7. The fraction of sp³-hybridized carbons (Fsp3) is 0.286. The van der Waals surface area contributed by atoms with Gasteiger partial charge in [-0.2, -0.15) is 0 Å². The molecule has 1 aromatic carbocycles. The summed E-state index contributed by atoms with van der Waals surface area (Å²) in [5.41, 5.74) is 0.958. The van der Waals surface area contributed by atoms with Crippen molar-refractivity contribution >= 4 is 33.0 Å². The van der Waals surface area contributed by atoms with Gasteiger partial charge in [0.15, 0.2) is 11.6 Å². The van der Waals surface area contributed by atoms with Crippen LogP contribution in [-0.4, -0.2) is 0 Å². The third kappa shape index (κ3) is 2.59. The molecule has 0 saturated heterocycles. The van der Waals surface area contributed by atoms with Crippen molar-refractivity contribution < 1.29 is 13.2 Å². The van der Waals surface area contributed by atoms with E-state index < -0.39 is 17.5 Å². The third-order valence-corrected chi connectivity index (χ3v) is 5.12. The Morgan fingerprint density at radius 1 is 1.20 bits per heavy atom. The average molecular weight is 362 g/mol. The van der Waals surface area contributed by atoms with Crippen molar-refractivity contribution in [2.45, 2.75) is 25.3 Å². The molecule has 106 valence electrons. The Kier molecular flexibility index (Phi) is 3.77. The predicted molar refractivity (Wildman–Crippen MR) is 77.6 cm³/mol. The first-order valence-corrected chi connectivity index (χ1v) is 7.84. The first-order chi connectivity index (χ1) is 9.54. The number of fused-ring (bicyclic) bond motifs is 1. The van der Waals surface area contributed by atoms with E-state index in [1.807, 2.05) is 6.07 Å². The molecule has 0 amide bonds. The Bertz CT molecular complexity index is 656. The largest absolute Gasteiger partial charge is 0.376 e. The zero-order valence-electron chi connectivity index (χ0n) is 10.4. The zero-order valence-corrected chi connectivity index (χ0v) is 12.8. The van der Waals surface area contributed by atoms with Gasteiger partial charge < -0.3 is 5.32 Å². The normalized spacial score (nSPS) is 17.9. The highest BCUT2D eigenvalue weighted by molar-refractivity contribution is 9.11. The lowest BCUT2D eigenvalue weighted by Crippen LogP contribution is -2.16. The number of thiophene rings is 1. The molecule has 1 N–H and O–H groups in total. The van der Waals surface area contributed by atoms with E-state index in [-0.39, 0.29) is 11.7 Å². The van der Waals surface area contributed by atoms with E-state index in [2.05, 4.69) is 21.2 Å². The summed E-state index contributed by atoms with van der Waals surface area (Å²) in [6.45, 7) is 0. The summed E-state index contributed by atoms with van der Waals surface area (Å²) in [6.07, 6.45) is 2.77. The number of benzene rings is 1. The van der Waals surface area contributed by atoms with Gasteiger partial charge in [-0.15, -0.1) is 11.3 Å².